The number of fused-ring (bicyclic) bond motifs is 1. The van der Waals surface area contributed by atoms with E-state index in [0.29, 0.717) is 23.4 Å². The van der Waals surface area contributed by atoms with E-state index in [9.17, 15) is 14.7 Å². The fourth-order valence-electron chi connectivity index (χ4n) is 5.60. The van der Waals surface area contributed by atoms with E-state index in [1.165, 1.54) is 24.2 Å². The molecule has 6 rings (SSSR count). The molecule has 188 valence electrons. The Morgan fingerprint density at radius 2 is 1.62 bits per heavy atom. The topological polar surface area (TPSA) is 83.0 Å². The van der Waals surface area contributed by atoms with Crippen molar-refractivity contribution in [1.82, 2.24) is 4.98 Å². The van der Waals surface area contributed by atoms with E-state index in [4.69, 9.17) is 4.74 Å². The maximum absolute atomic E-state index is 13.4. The lowest BCUT2D eigenvalue weighted by Gasteiger charge is -2.30. The Morgan fingerprint density at radius 3 is 2.38 bits per heavy atom. The maximum Gasteiger partial charge on any atom is 0.300 e. The minimum atomic E-state index is -0.767. The van der Waals surface area contributed by atoms with Crippen molar-refractivity contribution in [1.29, 1.82) is 0 Å². The number of hydrogen-bond donors (Lipinski definition) is 1. The minimum absolute atomic E-state index is 0.0768. The van der Waals surface area contributed by atoms with Gasteiger partial charge in [0.1, 0.15) is 11.5 Å². The number of hydrogen-bond acceptors (Lipinski definition) is 6. The molecule has 2 saturated heterocycles. The van der Waals surface area contributed by atoms with Gasteiger partial charge in [-0.05, 0) is 97.8 Å². The number of rotatable bonds is 4. The fourth-order valence-corrected chi connectivity index (χ4v) is 5.60. The van der Waals surface area contributed by atoms with Crippen LogP contribution in [0.25, 0.3) is 5.76 Å². The number of piperidine rings is 1. The van der Waals surface area contributed by atoms with Gasteiger partial charge in [0.2, 0.25) is 0 Å². The van der Waals surface area contributed by atoms with Gasteiger partial charge in [0.05, 0.1) is 18.2 Å². The molecule has 0 bridgehead atoms. The molecule has 7 nitrogen and oxygen atoms in total. The summed E-state index contributed by atoms with van der Waals surface area (Å²) in [6.07, 6.45) is 8.59. The van der Waals surface area contributed by atoms with Gasteiger partial charge < -0.3 is 14.7 Å². The van der Waals surface area contributed by atoms with Crippen LogP contribution in [0.15, 0.2) is 72.6 Å². The van der Waals surface area contributed by atoms with Crippen LogP contribution in [-0.2, 0) is 16.0 Å². The molecular formula is C30H29N3O4. The number of aryl methyl sites for hydroxylation is 1. The van der Waals surface area contributed by atoms with E-state index in [2.05, 4.69) is 9.88 Å². The predicted molar refractivity (Wildman–Crippen MR) is 142 cm³/mol. The van der Waals surface area contributed by atoms with Crippen LogP contribution < -0.4 is 14.5 Å². The van der Waals surface area contributed by atoms with Gasteiger partial charge in [-0.1, -0.05) is 0 Å². The molecule has 1 N–H and O–H groups in total. The van der Waals surface area contributed by atoms with Crippen LogP contribution in [0.1, 0.15) is 48.4 Å². The SMILES string of the molecule is O=C1C(=O)N(c2ccc(N3CCCCC3)cc2)C(c2ccncc2)/C1=C(/O)c1ccc2c(c1)CCCO2. The highest BCUT2D eigenvalue weighted by Gasteiger charge is 2.47. The third-order valence-electron chi connectivity index (χ3n) is 7.50. The van der Waals surface area contributed by atoms with Crippen molar-refractivity contribution in [2.24, 2.45) is 0 Å². The van der Waals surface area contributed by atoms with E-state index in [0.717, 1.165) is 42.9 Å². The zero-order chi connectivity index (χ0) is 25.4. The molecule has 0 saturated carbocycles. The van der Waals surface area contributed by atoms with Crippen molar-refractivity contribution in [3.63, 3.8) is 0 Å². The van der Waals surface area contributed by atoms with E-state index in [1.54, 1.807) is 30.6 Å². The zero-order valence-corrected chi connectivity index (χ0v) is 20.6. The van der Waals surface area contributed by atoms with Gasteiger partial charge in [-0.25, -0.2) is 0 Å². The van der Waals surface area contributed by atoms with E-state index >= 15 is 0 Å². The number of aliphatic hydroxyl groups excluding tert-OH is 1. The third-order valence-corrected chi connectivity index (χ3v) is 7.50. The molecule has 1 atom stereocenters. The second kappa shape index (κ2) is 9.73. The molecule has 3 aliphatic rings. The molecule has 3 aromatic rings. The molecule has 0 radical (unpaired) electrons. The molecule has 2 fully saturated rings. The Morgan fingerprint density at radius 1 is 0.892 bits per heavy atom. The highest BCUT2D eigenvalue weighted by atomic mass is 16.5. The van der Waals surface area contributed by atoms with Crippen molar-refractivity contribution < 1.29 is 19.4 Å². The summed E-state index contributed by atoms with van der Waals surface area (Å²) in [6.45, 7) is 2.71. The maximum atomic E-state index is 13.4. The zero-order valence-electron chi connectivity index (χ0n) is 20.6. The quantitative estimate of drug-likeness (QED) is 0.311. The number of carbonyl (C=O) groups is 2. The number of ketones is 1. The van der Waals surface area contributed by atoms with Crippen molar-refractivity contribution in [3.05, 3.63) is 89.3 Å². The molecule has 7 heteroatoms. The molecular weight excluding hydrogens is 466 g/mol. The molecule has 2 aromatic carbocycles. The molecule has 37 heavy (non-hydrogen) atoms. The first-order valence-electron chi connectivity index (χ1n) is 12.9. The van der Waals surface area contributed by atoms with Crippen LogP contribution >= 0.6 is 0 Å². The first kappa shape index (κ1) is 23.3. The summed E-state index contributed by atoms with van der Waals surface area (Å²) in [4.78, 5) is 34.8. The van der Waals surface area contributed by atoms with Crippen molar-refractivity contribution in [2.45, 2.75) is 38.1 Å². The lowest BCUT2D eigenvalue weighted by Crippen LogP contribution is -2.30. The number of aliphatic hydroxyl groups is 1. The molecule has 3 aliphatic heterocycles. The highest BCUT2D eigenvalue weighted by molar-refractivity contribution is 6.51. The van der Waals surface area contributed by atoms with Crippen LogP contribution in [0.5, 0.6) is 5.75 Å². The second-order valence-corrected chi connectivity index (χ2v) is 9.79. The minimum Gasteiger partial charge on any atom is -0.507 e. The molecule has 1 unspecified atom stereocenters. The Labute approximate surface area is 216 Å². The van der Waals surface area contributed by atoms with Gasteiger partial charge in [-0.15, -0.1) is 0 Å². The van der Waals surface area contributed by atoms with E-state index < -0.39 is 17.7 Å². The summed E-state index contributed by atoms with van der Waals surface area (Å²) >= 11 is 0. The number of aromatic nitrogens is 1. The number of amides is 1. The molecule has 1 aromatic heterocycles. The predicted octanol–water partition coefficient (Wildman–Crippen LogP) is 5.02. The number of carbonyl (C=O) groups excluding carboxylic acids is 2. The van der Waals surface area contributed by atoms with Crippen LogP contribution in [-0.4, -0.2) is 41.5 Å². The van der Waals surface area contributed by atoms with E-state index in [1.807, 2.05) is 36.4 Å². The number of Topliss-reactive ketones (excluding diaryl/α,β-unsaturated/α-hetero) is 1. The highest BCUT2D eigenvalue weighted by Crippen LogP contribution is 2.43. The van der Waals surface area contributed by atoms with Gasteiger partial charge >= 0.3 is 0 Å². The Bertz CT molecular complexity index is 1360. The molecule has 1 amide bonds. The van der Waals surface area contributed by atoms with Crippen molar-refractivity contribution >= 4 is 28.8 Å². The van der Waals surface area contributed by atoms with Gasteiger partial charge in [0.25, 0.3) is 11.7 Å². The normalized spacial score (nSPS) is 21.0. The number of anilines is 2. The molecule has 0 aliphatic carbocycles. The van der Waals surface area contributed by atoms with Crippen molar-refractivity contribution in [3.8, 4) is 5.75 Å². The summed E-state index contributed by atoms with van der Waals surface area (Å²) in [7, 11) is 0. The molecule has 0 spiro atoms. The Kier molecular flexibility index (Phi) is 6.12. The second-order valence-electron chi connectivity index (χ2n) is 9.79. The summed E-state index contributed by atoms with van der Waals surface area (Å²) in [5, 5.41) is 11.4. The van der Waals surface area contributed by atoms with Crippen LogP contribution in [0.2, 0.25) is 0 Å². The third kappa shape index (κ3) is 4.24. The largest absolute Gasteiger partial charge is 0.507 e. The van der Waals surface area contributed by atoms with Crippen LogP contribution in [0, 0.1) is 0 Å². The van der Waals surface area contributed by atoms with Crippen LogP contribution in [0.4, 0.5) is 11.4 Å². The average molecular weight is 496 g/mol. The van der Waals surface area contributed by atoms with Gasteiger partial charge in [0, 0.05) is 42.4 Å². The molecule has 4 heterocycles. The van der Waals surface area contributed by atoms with Crippen LogP contribution in [0.3, 0.4) is 0 Å². The number of pyridine rings is 1. The number of benzene rings is 2. The van der Waals surface area contributed by atoms with Gasteiger partial charge in [-0.3, -0.25) is 19.5 Å². The van der Waals surface area contributed by atoms with E-state index in [-0.39, 0.29) is 11.3 Å². The monoisotopic (exact) mass is 495 g/mol. The number of nitrogens with zero attached hydrogens (tertiary/aromatic N) is 3. The standard InChI is InChI=1S/C30H29N3O4/c34-28(22-6-11-25-21(19-22)5-4-18-37-25)26-27(20-12-14-31-15-13-20)33(30(36)29(26)35)24-9-7-23(8-10-24)32-16-2-1-3-17-32/h6-15,19,27,34H,1-5,16-18H2/b28-26-. The Balaban J connectivity index is 1.43. The lowest BCUT2D eigenvalue weighted by molar-refractivity contribution is -0.132. The first-order valence-corrected chi connectivity index (χ1v) is 12.9. The average Bonchev–Trinajstić information content (AvgIpc) is 3.23. The van der Waals surface area contributed by atoms with Crippen molar-refractivity contribution in [2.75, 3.05) is 29.5 Å². The summed E-state index contributed by atoms with van der Waals surface area (Å²) in [6, 6.07) is 16.0. The summed E-state index contributed by atoms with van der Waals surface area (Å²) < 4.78 is 5.70. The van der Waals surface area contributed by atoms with Gasteiger partial charge in [-0.2, -0.15) is 0 Å². The van der Waals surface area contributed by atoms with Gasteiger partial charge in [0.15, 0.2) is 0 Å². The smallest absolute Gasteiger partial charge is 0.300 e. The lowest BCUT2D eigenvalue weighted by atomic mass is 9.94. The number of ether oxygens (including phenoxy) is 1. The first-order chi connectivity index (χ1) is 18.1. The summed E-state index contributed by atoms with van der Waals surface area (Å²) in [5.41, 5.74) is 3.99. The Hall–Kier alpha value is -4.13. The summed E-state index contributed by atoms with van der Waals surface area (Å²) in [5.74, 6) is -0.743. The fraction of sp³-hybridized carbons (Fsp3) is 0.300.